The Bertz CT molecular complexity index is 571. The van der Waals surface area contributed by atoms with Gasteiger partial charge in [-0.25, -0.2) is 4.79 Å². The fourth-order valence-electron chi connectivity index (χ4n) is 2.23. The Balaban J connectivity index is 2.22. The lowest BCUT2D eigenvalue weighted by Crippen LogP contribution is -2.59. The molecule has 0 spiro atoms. The Morgan fingerprint density at radius 3 is 2.42 bits per heavy atom. The summed E-state index contributed by atoms with van der Waals surface area (Å²) in [4.78, 5) is 11.9. The summed E-state index contributed by atoms with van der Waals surface area (Å²) in [5.74, 6) is -1.07. The van der Waals surface area contributed by atoms with Crippen LogP contribution in [0.5, 0.6) is 0 Å². The van der Waals surface area contributed by atoms with Gasteiger partial charge in [0.15, 0.2) is 0 Å². The van der Waals surface area contributed by atoms with Gasteiger partial charge in [0.1, 0.15) is 24.4 Å². The highest BCUT2D eigenvalue weighted by atomic mass is 16.7. The quantitative estimate of drug-likeness (QED) is 0.306. The highest BCUT2D eigenvalue weighted by molar-refractivity contribution is 5.91. The van der Waals surface area contributed by atoms with Crippen molar-refractivity contribution in [3.05, 3.63) is 41.7 Å². The molecular weight excluding hydrogens is 320 g/mol. The van der Waals surface area contributed by atoms with Crippen molar-refractivity contribution in [2.45, 2.75) is 30.7 Å². The van der Waals surface area contributed by atoms with Crippen LogP contribution in [0.3, 0.4) is 0 Å². The predicted molar refractivity (Wildman–Crippen MR) is 81.3 cm³/mol. The molecule has 4 N–H and O–H groups in total. The smallest absolute Gasteiger partial charge is 0.373 e. The third-order valence-corrected chi connectivity index (χ3v) is 3.58. The van der Waals surface area contributed by atoms with Crippen molar-refractivity contribution in [2.75, 3.05) is 13.7 Å². The van der Waals surface area contributed by atoms with Crippen LogP contribution in [0, 0.1) is 0 Å². The molecule has 8 nitrogen and oxygen atoms in total. The molecule has 24 heavy (non-hydrogen) atoms. The van der Waals surface area contributed by atoms with Gasteiger partial charge in [-0.3, -0.25) is 0 Å². The zero-order valence-electron chi connectivity index (χ0n) is 13.0. The molecule has 1 heterocycles. The van der Waals surface area contributed by atoms with Crippen molar-refractivity contribution in [3.8, 4) is 0 Å². The van der Waals surface area contributed by atoms with Gasteiger partial charge in [-0.05, 0) is 11.6 Å². The van der Waals surface area contributed by atoms with E-state index in [4.69, 9.17) is 14.6 Å². The van der Waals surface area contributed by atoms with Crippen LogP contribution in [-0.4, -0.2) is 70.8 Å². The molecule has 1 saturated heterocycles. The Morgan fingerprint density at radius 1 is 1.17 bits per heavy atom. The van der Waals surface area contributed by atoms with Crippen LogP contribution in [0.1, 0.15) is 5.56 Å². The van der Waals surface area contributed by atoms with Crippen LogP contribution >= 0.6 is 0 Å². The lowest BCUT2D eigenvalue weighted by Gasteiger charge is -2.39. The summed E-state index contributed by atoms with van der Waals surface area (Å²) in [6.07, 6.45) is -5.95. The summed E-state index contributed by atoms with van der Waals surface area (Å²) in [5, 5.41) is 38.6. The van der Waals surface area contributed by atoms with Gasteiger partial charge in [-0.15, -0.1) is 0 Å². The number of rotatable bonds is 5. The molecule has 0 aliphatic carbocycles. The predicted octanol–water partition coefficient (Wildman–Crippen LogP) is -0.983. The minimum absolute atomic E-state index is 0.256. The van der Waals surface area contributed by atoms with Crippen molar-refractivity contribution in [1.29, 1.82) is 0 Å². The van der Waals surface area contributed by atoms with Crippen LogP contribution in [-0.2, 0) is 19.0 Å². The van der Waals surface area contributed by atoms with Crippen LogP contribution in [0.2, 0.25) is 0 Å². The first kappa shape index (κ1) is 18.4. The van der Waals surface area contributed by atoms with Crippen LogP contribution in [0.15, 0.2) is 36.1 Å². The Kier molecular flexibility index (Phi) is 6.29. The van der Waals surface area contributed by atoms with Gasteiger partial charge >= 0.3 is 5.97 Å². The van der Waals surface area contributed by atoms with Gasteiger partial charge in [-0.1, -0.05) is 30.3 Å². The van der Waals surface area contributed by atoms with Crippen LogP contribution < -0.4 is 0 Å². The second kappa shape index (κ2) is 8.22. The first-order chi connectivity index (χ1) is 11.5. The number of methoxy groups -OCH3 is 1. The molecule has 0 saturated carbocycles. The Labute approximate surface area is 138 Å². The van der Waals surface area contributed by atoms with Crippen molar-refractivity contribution >= 4 is 12.0 Å². The van der Waals surface area contributed by atoms with Gasteiger partial charge in [0, 0.05) is 0 Å². The van der Waals surface area contributed by atoms with Gasteiger partial charge in [0.05, 0.1) is 13.7 Å². The number of hydrogen-bond acceptors (Lipinski definition) is 8. The third-order valence-electron chi connectivity index (χ3n) is 3.58. The molecule has 0 aromatic heterocycles. The third kappa shape index (κ3) is 4.11. The number of aliphatic hydroxyl groups excluding tert-OH is 4. The fraction of sp³-hybridized carbons (Fsp3) is 0.438. The van der Waals surface area contributed by atoms with Crippen LogP contribution in [0.25, 0.3) is 6.08 Å². The van der Waals surface area contributed by atoms with E-state index in [-0.39, 0.29) is 5.76 Å². The maximum absolute atomic E-state index is 11.9. The van der Waals surface area contributed by atoms with E-state index in [9.17, 15) is 20.1 Å². The highest BCUT2D eigenvalue weighted by Gasteiger charge is 2.45. The van der Waals surface area contributed by atoms with Crippen molar-refractivity contribution in [2.24, 2.45) is 0 Å². The molecule has 1 aromatic carbocycles. The minimum atomic E-state index is -1.62. The minimum Gasteiger partial charge on any atom is -0.463 e. The van der Waals surface area contributed by atoms with E-state index in [1.165, 1.54) is 6.08 Å². The Morgan fingerprint density at radius 2 is 1.83 bits per heavy atom. The molecule has 0 unspecified atom stereocenters. The molecule has 0 radical (unpaired) electrons. The molecule has 1 aliphatic heterocycles. The molecule has 5 atom stereocenters. The molecule has 2 rings (SSSR count). The average Bonchev–Trinajstić information content (AvgIpc) is 2.61. The largest absolute Gasteiger partial charge is 0.463 e. The lowest BCUT2D eigenvalue weighted by molar-refractivity contribution is -0.291. The number of esters is 1. The van der Waals surface area contributed by atoms with Crippen molar-refractivity contribution in [3.63, 3.8) is 0 Å². The maximum Gasteiger partial charge on any atom is 0.373 e. The lowest BCUT2D eigenvalue weighted by atomic mass is 9.99. The van der Waals surface area contributed by atoms with Gasteiger partial charge < -0.3 is 34.6 Å². The molecule has 0 bridgehead atoms. The Hall–Kier alpha value is -1.97. The number of ether oxygens (including phenoxy) is 3. The molecular formula is C16H20O8. The highest BCUT2D eigenvalue weighted by Crippen LogP contribution is 2.24. The molecule has 0 amide bonds. The standard InChI is InChI=1S/C16H20O8/c1-22-15(21)10(7-9-5-3-2-4-6-9)23-16-14(20)13(19)12(18)11(8-17)24-16/h2-7,11-14,16-20H,8H2,1H3/t11-,12-,13+,14-,16-/m1/s1. The van der Waals surface area contributed by atoms with Crippen molar-refractivity contribution < 1.29 is 39.4 Å². The van der Waals surface area contributed by atoms with Gasteiger partial charge in [-0.2, -0.15) is 0 Å². The average molecular weight is 340 g/mol. The molecule has 1 fully saturated rings. The number of benzene rings is 1. The van der Waals surface area contributed by atoms with Gasteiger partial charge in [0.25, 0.3) is 0 Å². The van der Waals surface area contributed by atoms with E-state index < -0.39 is 43.3 Å². The topological polar surface area (TPSA) is 126 Å². The number of carbonyl (C=O) groups excluding carboxylic acids is 1. The summed E-state index contributed by atoms with van der Waals surface area (Å²) in [7, 11) is 1.16. The summed E-state index contributed by atoms with van der Waals surface area (Å²) in [6.45, 7) is -0.596. The molecule has 1 aliphatic rings. The second-order valence-electron chi connectivity index (χ2n) is 5.23. The van der Waals surface area contributed by atoms with Crippen molar-refractivity contribution in [1.82, 2.24) is 0 Å². The van der Waals surface area contributed by atoms with E-state index in [0.717, 1.165) is 7.11 Å². The number of aliphatic hydroxyl groups is 4. The number of hydrogen-bond donors (Lipinski definition) is 4. The molecule has 8 heteroatoms. The monoisotopic (exact) mass is 340 g/mol. The normalized spacial score (nSPS) is 30.7. The summed E-state index contributed by atoms with van der Waals surface area (Å²) in [5.41, 5.74) is 0.641. The van der Waals surface area contributed by atoms with E-state index >= 15 is 0 Å². The molecule has 132 valence electrons. The van der Waals surface area contributed by atoms with E-state index in [1.807, 2.05) is 0 Å². The van der Waals surface area contributed by atoms with Gasteiger partial charge in [0.2, 0.25) is 12.0 Å². The summed E-state index contributed by atoms with van der Waals surface area (Å²) < 4.78 is 15.2. The van der Waals surface area contributed by atoms with Crippen LogP contribution in [0.4, 0.5) is 0 Å². The first-order valence-electron chi connectivity index (χ1n) is 7.30. The second-order valence-corrected chi connectivity index (χ2v) is 5.23. The zero-order chi connectivity index (χ0) is 17.7. The van der Waals surface area contributed by atoms with E-state index in [0.29, 0.717) is 5.56 Å². The summed E-state index contributed by atoms with van der Waals surface area (Å²) >= 11 is 0. The molecule has 1 aromatic rings. The summed E-state index contributed by atoms with van der Waals surface area (Å²) in [6, 6.07) is 8.76. The maximum atomic E-state index is 11.9. The first-order valence-corrected chi connectivity index (χ1v) is 7.30. The van der Waals surface area contributed by atoms with E-state index in [1.54, 1.807) is 30.3 Å². The SMILES string of the molecule is COC(=O)C(=Cc1ccccc1)O[C@@H]1O[C@H](CO)[C@@H](O)[C@H](O)[C@H]1O. The van der Waals surface area contributed by atoms with E-state index in [2.05, 4.69) is 4.74 Å². The fourth-order valence-corrected chi connectivity index (χ4v) is 2.23. The zero-order valence-corrected chi connectivity index (χ0v) is 13.0. The number of carbonyl (C=O) groups is 1.